The molecule has 3 heteroatoms. The molecule has 0 unspecified atom stereocenters. The molecule has 0 atom stereocenters. The molecule has 0 amide bonds. The minimum atomic E-state index is 0.271. The van der Waals surface area contributed by atoms with Gasteiger partial charge in [0.15, 0.2) is 0 Å². The first-order valence-electron chi connectivity index (χ1n) is 4.74. The van der Waals surface area contributed by atoms with E-state index in [1.165, 1.54) is 0 Å². The predicted molar refractivity (Wildman–Crippen MR) is 49.9 cm³/mol. The third-order valence-electron chi connectivity index (χ3n) is 2.48. The van der Waals surface area contributed by atoms with E-state index >= 15 is 0 Å². The zero-order valence-electron chi connectivity index (χ0n) is 8.29. The molecule has 0 spiro atoms. The summed E-state index contributed by atoms with van der Waals surface area (Å²) >= 11 is 0. The summed E-state index contributed by atoms with van der Waals surface area (Å²) in [7, 11) is 2.17. The maximum absolute atomic E-state index is 8.69. The SMILES string of the molecule is CC[N+](C)(CCCO)CCCO. The van der Waals surface area contributed by atoms with E-state index < -0.39 is 0 Å². The molecule has 3 nitrogen and oxygen atoms in total. The van der Waals surface area contributed by atoms with Crippen molar-refractivity contribution in [2.75, 3.05) is 39.9 Å². The molecule has 0 aliphatic heterocycles. The lowest BCUT2D eigenvalue weighted by molar-refractivity contribution is -0.908. The van der Waals surface area contributed by atoms with Crippen LogP contribution in [0.5, 0.6) is 0 Å². The second kappa shape index (κ2) is 6.40. The normalized spacial score (nSPS) is 12.0. The van der Waals surface area contributed by atoms with E-state index in [-0.39, 0.29) is 13.2 Å². The molecule has 0 saturated heterocycles. The Morgan fingerprint density at radius 1 is 1.00 bits per heavy atom. The number of aliphatic hydroxyl groups excluding tert-OH is 2. The number of hydrogen-bond acceptors (Lipinski definition) is 2. The number of aliphatic hydroxyl groups is 2. The molecule has 0 aromatic carbocycles. The van der Waals surface area contributed by atoms with Crippen molar-refractivity contribution in [3.8, 4) is 0 Å². The van der Waals surface area contributed by atoms with Crippen LogP contribution in [0.15, 0.2) is 0 Å². The highest BCUT2D eigenvalue weighted by atomic mass is 16.3. The zero-order chi connectivity index (χ0) is 9.45. The first kappa shape index (κ1) is 11.9. The van der Waals surface area contributed by atoms with Crippen LogP contribution in [0.4, 0.5) is 0 Å². The van der Waals surface area contributed by atoms with Gasteiger partial charge in [0.1, 0.15) is 0 Å². The van der Waals surface area contributed by atoms with E-state index in [1.54, 1.807) is 0 Å². The second-order valence-corrected chi connectivity index (χ2v) is 3.54. The predicted octanol–water partition coefficient (Wildman–Crippen LogP) is 0.218. The van der Waals surface area contributed by atoms with Gasteiger partial charge in [-0.25, -0.2) is 0 Å². The Kier molecular flexibility index (Phi) is 6.34. The van der Waals surface area contributed by atoms with Gasteiger partial charge in [-0.1, -0.05) is 0 Å². The lowest BCUT2D eigenvalue weighted by atomic mass is 10.3. The van der Waals surface area contributed by atoms with Crippen LogP contribution in [0.25, 0.3) is 0 Å². The van der Waals surface area contributed by atoms with Crippen LogP contribution >= 0.6 is 0 Å². The van der Waals surface area contributed by atoms with Gasteiger partial charge in [0.05, 0.1) is 26.7 Å². The fraction of sp³-hybridized carbons (Fsp3) is 1.00. The highest BCUT2D eigenvalue weighted by Gasteiger charge is 2.17. The summed E-state index contributed by atoms with van der Waals surface area (Å²) in [6.07, 6.45) is 1.71. The minimum absolute atomic E-state index is 0.271. The fourth-order valence-corrected chi connectivity index (χ4v) is 1.33. The van der Waals surface area contributed by atoms with Crippen molar-refractivity contribution in [3.05, 3.63) is 0 Å². The van der Waals surface area contributed by atoms with Crippen molar-refractivity contribution < 1.29 is 14.7 Å². The van der Waals surface area contributed by atoms with Crippen molar-refractivity contribution >= 4 is 0 Å². The average Bonchev–Trinajstić information content (AvgIpc) is 2.11. The van der Waals surface area contributed by atoms with E-state index in [2.05, 4.69) is 14.0 Å². The van der Waals surface area contributed by atoms with Crippen LogP contribution in [0, 0.1) is 0 Å². The highest BCUT2D eigenvalue weighted by Crippen LogP contribution is 2.04. The largest absolute Gasteiger partial charge is 0.396 e. The maximum Gasteiger partial charge on any atom is 0.0806 e. The van der Waals surface area contributed by atoms with Crippen molar-refractivity contribution in [3.63, 3.8) is 0 Å². The average molecular weight is 176 g/mol. The lowest BCUT2D eigenvalue weighted by Crippen LogP contribution is -2.45. The number of hydrogen-bond donors (Lipinski definition) is 2. The van der Waals surface area contributed by atoms with Gasteiger partial charge >= 0.3 is 0 Å². The standard InChI is InChI=1S/C9H22NO2/c1-3-10(2,6-4-8-11)7-5-9-12/h11-12H,3-9H2,1-2H3/q+1. The molecule has 0 heterocycles. The molecular weight excluding hydrogens is 154 g/mol. The summed E-state index contributed by atoms with van der Waals surface area (Å²) < 4.78 is 0.959. The molecule has 0 aliphatic carbocycles. The molecule has 12 heavy (non-hydrogen) atoms. The molecule has 0 radical (unpaired) electrons. The molecule has 0 aromatic heterocycles. The first-order valence-corrected chi connectivity index (χ1v) is 4.74. The quantitative estimate of drug-likeness (QED) is 0.545. The van der Waals surface area contributed by atoms with Gasteiger partial charge in [0, 0.05) is 26.1 Å². The van der Waals surface area contributed by atoms with Crippen LogP contribution in [0.3, 0.4) is 0 Å². The van der Waals surface area contributed by atoms with Crippen LogP contribution < -0.4 is 0 Å². The third kappa shape index (κ3) is 4.70. The van der Waals surface area contributed by atoms with E-state index in [0.717, 1.165) is 37.0 Å². The molecule has 0 fully saturated rings. The number of rotatable bonds is 7. The van der Waals surface area contributed by atoms with Crippen LogP contribution in [0.1, 0.15) is 19.8 Å². The van der Waals surface area contributed by atoms with Crippen molar-refractivity contribution in [2.45, 2.75) is 19.8 Å². The Bertz CT molecular complexity index is 98.7. The van der Waals surface area contributed by atoms with E-state index in [0.29, 0.717) is 0 Å². The minimum Gasteiger partial charge on any atom is -0.396 e. The summed E-state index contributed by atoms with van der Waals surface area (Å²) in [5, 5.41) is 17.4. The highest BCUT2D eigenvalue weighted by molar-refractivity contribution is 4.40. The summed E-state index contributed by atoms with van der Waals surface area (Å²) in [5.74, 6) is 0. The van der Waals surface area contributed by atoms with Gasteiger partial charge in [-0.05, 0) is 6.92 Å². The van der Waals surface area contributed by atoms with Crippen LogP contribution in [0.2, 0.25) is 0 Å². The molecule has 0 aromatic rings. The molecule has 0 saturated carbocycles. The summed E-state index contributed by atoms with van der Waals surface area (Å²) in [6, 6.07) is 0. The molecule has 0 bridgehead atoms. The smallest absolute Gasteiger partial charge is 0.0806 e. The van der Waals surface area contributed by atoms with Gasteiger partial charge < -0.3 is 14.7 Å². The fourth-order valence-electron chi connectivity index (χ4n) is 1.33. The summed E-state index contributed by atoms with van der Waals surface area (Å²) in [6.45, 7) is 5.77. The third-order valence-corrected chi connectivity index (χ3v) is 2.48. The number of nitrogens with zero attached hydrogens (tertiary/aromatic N) is 1. The van der Waals surface area contributed by atoms with Crippen molar-refractivity contribution in [1.82, 2.24) is 0 Å². The van der Waals surface area contributed by atoms with Gasteiger partial charge in [-0.2, -0.15) is 0 Å². The zero-order valence-corrected chi connectivity index (χ0v) is 8.29. The van der Waals surface area contributed by atoms with Crippen LogP contribution in [-0.4, -0.2) is 54.6 Å². The van der Waals surface area contributed by atoms with Gasteiger partial charge in [-0.15, -0.1) is 0 Å². The monoisotopic (exact) mass is 176 g/mol. The molecule has 2 N–H and O–H groups in total. The second-order valence-electron chi connectivity index (χ2n) is 3.54. The Morgan fingerprint density at radius 3 is 1.67 bits per heavy atom. The molecule has 0 aliphatic rings. The Morgan fingerprint density at radius 2 is 1.42 bits per heavy atom. The summed E-state index contributed by atoms with van der Waals surface area (Å²) in [5.41, 5.74) is 0. The van der Waals surface area contributed by atoms with Gasteiger partial charge in [-0.3, -0.25) is 0 Å². The summed E-state index contributed by atoms with van der Waals surface area (Å²) in [4.78, 5) is 0. The maximum atomic E-state index is 8.69. The molecule has 74 valence electrons. The first-order chi connectivity index (χ1) is 5.68. The van der Waals surface area contributed by atoms with E-state index in [1.807, 2.05) is 0 Å². The van der Waals surface area contributed by atoms with Gasteiger partial charge in [0.25, 0.3) is 0 Å². The lowest BCUT2D eigenvalue weighted by Gasteiger charge is -2.33. The van der Waals surface area contributed by atoms with Crippen molar-refractivity contribution in [1.29, 1.82) is 0 Å². The van der Waals surface area contributed by atoms with E-state index in [9.17, 15) is 0 Å². The Hall–Kier alpha value is -0.120. The van der Waals surface area contributed by atoms with Crippen LogP contribution in [-0.2, 0) is 0 Å². The van der Waals surface area contributed by atoms with Crippen molar-refractivity contribution in [2.24, 2.45) is 0 Å². The molecule has 0 rings (SSSR count). The Labute approximate surface area is 75.2 Å². The number of quaternary nitrogens is 1. The van der Waals surface area contributed by atoms with E-state index in [4.69, 9.17) is 10.2 Å². The topological polar surface area (TPSA) is 40.5 Å². The van der Waals surface area contributed by atoms with Gasteiger partial charge in [0.2, 0.25) is 0 Å². The molecular formula is C9H22NO2+. The Balaban J connectivity index is 3.70.